The monoisotopic (exact) mass is 255 g/mol. The summed E-state index contributed by atoms with van der Waals surface area (Å²) in [6.07, 6.45) is 9.84. The van der Waals surface area contributed by atoms with Gasteiger partial charge in [-0.15, -0.1) is 0 Å². The summed E-state index contributed by atoms with van der Waals surface area (Å²) in [5.41, 5.74) is 0. The smallest absolute Gasteiger partial charge is 0.000438 e. The molecule has 1 nitrogen and oxygen atoms in total. The standard InChI is InChI=1S/C17H37N/c1-6-13-18(15-17(4)5)14-11-9-7-8-10-12-16(2)3/h16-17H,6-15H2,1-5H3. The Bertz CT molecular complexity index is 163. The second kappa shape index (κ2) is 12.0. The van der Waals surface area contributed by atoms with Crippen molar-refractivity contribution in [1.82, 2.24) is 4.90 Å². The normalized spacial score (nSPS) is 12.0. The van der Waals surface area contributed by atoms with Crippen molar-refractivity contribution in [1.29, 1.82) is 0 Å². The summed E-state index contributed by atoms with van der Waals surface area (Å²) < 4.78 is 0. The van der Waals surface area contributed by atoms with Crippen molar-refractivity contribution in [3.05, 3.63) is 0 Å². The fourth-order valence-corrected chi connectivity index (χ4v) is 2.55. The van der Waals surface area contributed by atoms with E-state index in [0.29, 0.717) is 0 Å². The summed E-state index contributed by atoms with van der Waals surface area (Å²) in [6.45, 7) is 15.5. The zero-order chi connectivity index (χ0) is 13.8. The third kappa shape index (κ3) is 12.4. The van der Waals surface area contributed by atoms with Crippen LogP contribution < -0.4 is 0 Å². The molecule has 110 valence electrons. The summed E-state index contributed by atoms with van der Waals surface area (Å²) in [5, 5.41) is 0. The lowest BCUT2D eigenvalue weighted by Gasteiger charge is -2.23. The first-order valence-corrected chi connectivity index (χ1v) is 8.28. The molecule has 18 heavy (non-hydrogen) atoms. The van der Waals surface area contributed by atoms with Gasteiger partial charge in [0.2, 0.25) is 0 Å². The van der Waals surface area contributed by atoms with Gasteiger partial charge >= 0.3 is 0 Å². The van der Waals surface area contributed by atoms with Gasteiger partial charge in [-0.25, -0.2) is 0 Å². The first-order chi connectivity index (χ1) is 8.56. The van der Waals surface area contributed by atoms with Gasteiger partial charge < -0.3 is 4.90 Å². The summed E-state index contributed by atoms with van der Waals surface area (Å²) in [5.74, 6) is 1.69. The fraction of sp³-hybridized carbons (Fsp3) is 1.00. The maximum Gasteiger partial charge on any atom is 0.000438 e. The molecular formula is C17H37N. The van der Waals surface area contributed by atoms with Crippen molar-refractivity contribution < 1.29 is 0 Å². The zero-order valence-electron chi connectivity index (χ0n) is 13.7. The third-order valence-corrected chi connectivity index (χ3v) is 3.42. The highest BCUT2D eigenvalue weighted by molar-refractivity contribution is 4.60. The minimum atomic E-state index is 0.808. The predicted octanol–water partition coefficient (Wildman–Crippen LogP) is 5.35. The van der Waals surface area contributed by atoms with E-state index in [1.54, 1.807) is 0 Å². The average molecular weight is 255 g/mol. The largest absolute Gasteiger partial charge is 0.303 e. The molecule has 0 unspecified atom stereocenters. The van der Waals surface area contributed by atoms with Gasteiger partial charge in [-0.1, -0.05) is 66.7 Å². The van der Waals surface area contributed by atoms with Gasteiger partial charge in [0.1, 0.15) is 0 Å². The summed E-state index contributed by atoms with van der Waals surface area (Å²) in [4.78, 5) is 2.65. The molecule has 0 aliphatic rings. The van der Waals surface area contributed by atoms with E-state index in [-0.39, 0.29) is 0 Å². The van der Waals surface area contributed by atoms with Crippen molar-refractivity contribution in [3.63, 3.8) is 0 Å². The molecule has 0 aromatic rings. The van der Waals surface area contributed by atoms with Gasteiger partial charge in [0.25, 0.3) is 0 Å². The van der Waals surface area contributed by atoms with E-state index in [1.807, 2.05) is 0 Å². The van der Waals surface area contributed by atoms with Crippen LogP contribution in [0.4, 0.5) is 0 Å². The Morgan fingerprint density at radius 3 is 1.89 bits per heavy atom. The first-order valence-electron chi connectivity index (χ1n) is 8.28. The van der Waals surface area contributed by atoms with E-state index in [0.717, 1.165) is 11.8 Å². The molecule has 0 aliphatic carbocycles. The van der Waals surface area contributed by atoms with E-state index in [2.05, 4.69) is 39.5 Å². The molecule has 0 rings (SSSR count). The quantitative estimate of drug-likeness (QED) is 0.425. The van der Waals surface area contributed by atoms with Crippen molar-refractivity contribution in [2.45, 2.75) is 79.6 Å². The van der Waals surface area contributed by atoms with Crippen molar-refractivity contribution in [2.75, 3.05) is 19.6 Å². The van der Waals surface area contributed by atoms with Crippen LogP contribution in [0.1, 0.15) is 79.6 Å². The molecule has 0 heterocycles. The molecule has 0 aromatic carbocycles. The van der Waals surface area contributed by atoms with E-state index >= 15 is 0 Å². The molecule has 0 fully saturated rings. The van der Waals surface area contributed by atoms with Crippen LogP contribution in [0.25, 0.3) is 0 Å². The highest BCUT2D eigenvalue weighted by Crippen LogP contribution is 2.11. The first kappa shape index (κ1) is 18.0. The Balaban J connectivity index is 3.43. The Hall–Kier alpha value is -0.0400. The average Bonchev–Trinajstić information content (AvgIpc) is 2.26. The van der Waals surface area contributed by atoms with Crippen LogP contribution in [0.5, 0.6) is 0 Å². The van der Waals surface area contributed by atoms with Gasteiger partial charge in [0, 0.05) is 6.54 Å². The number of hydrogen-bond donors (Lipinski definition) is 0. The van der Waals surface area contributed by atoms with Crippen LogP contribution in [0, 0.1) is 11.8 Å². The van der Waals surface area contributed by atoms with E-state index in [9.17, 15) is 0 Å². The molecule has 0 N–H and O–H groups in total. The lowest BCUT2D eigenvalue weighted by Crippen LogP contribution is -2.29. The lowest BCUT2D eigenvalue weighted by atomic mass is 10.0. The molecular weight excluding hydrogens is 218 g/mol. The van der Waals surface area contributed by atoms with Crippen molar-refractivity contribution >= 4 is 0 Å². The molecule has 0 bridgehead atoms. The van der Waals surface area contributed by atoms with Crippen molar-refractivity contribution in [3.8, 4) is 0 Å². The van der Waals surface area contributed by atoms with Gasteiger partial charge in [-0.05, 0) is 37.8 Å². The van der Waals surface area contributed by atoms with Gasteiger partial charge in [0.05, 0.1) is 0 Å². The Morgan fingerprint density at radius 1 is 0.722 bits per heavy atom. The van der Waals surface area contributed by atoms with Gasteiger partial charge in [-0.3, -0.25) is 0 Å². The van der Waals surface area contributed by atoms with Crippen LogP contribution in [-0.4, -0.2) is 24.5 Å². The summed E-state index contributed by atoms with van der Waals surface area (Å²) in [7, 11) is 0. The topological polar surface area (TPSA) is 3.24 Å². The second-order valence-electron chi connectivity index (χ2n) is 6.64. The van der Waals surface area contributed by atoms with Crippen LogP contribution in [-0.2, 0) is 0 Å². The van der Waals surface area contributed by atoms with Crippen LogP contribution in [0.2, 0.25) is 0 Å². The van der Waals surface area contributed by atoms with E-state index in [4.69, 9.17) is 0 Å². The molecule has 0 amide bonds. The Labute approximate surface area is 116 Å². The molecule has 0 saturated heterocycles. The van der Waals surface area contributed by atoms with Crippen molar-refractivity contribution in [2.24, 2.45) is 11.8 Å². The van der Waals surface area contributed by atoms with Crippen LogP contribution in [0.3, 0.4) is 0 Å². The van der Waals surface area contributed by atoms with E-state index in [1.165, 1.54) is 64.6 Å². The van der Waals surface area contributed by atoms with Gasteiger partial charge in [0.15, 0.2) is 0 Å². The molecule has 0 radical (unpaired) electrons. The Kier molecular flexibility index (Phi) is 12.0. The SMILES string of the molecule is CCCN(CCCCCCCC(C)C)CC(C)C. The van der Waals surface area contributed by atoms with Gasteiger partial charge in [-0.2, -0.15) is 0 Å². The lowest BCUT2D eigenvalue weighted by molar-refractivity contribution is 0.239. The predicted molar refractivity (Wildman–Crippen MR) is 84.1 cm³/mol. The molecule has 0 aromatic heterocycles. The minimum absolute atomic E-state index is 0.808. The summed E-state index contributed by atoms with van der Waals surface area (Å²) >= 11 is 0. The number of nitrogens with zero attached hydrogens (tertiary/aromatic N) is 1. The maximum absolute atomic E-state index is 2.65. The van der Waals surface area contributed by atoms with Crippen LogP contribution >= 0.6 is 0 Å². The molecule has 0 saturated carbocycles. The minimum Gasteiger partial charge on any atom is -0.303 e. The third-order valence-electron chi connectivity index (χ3n) is 3.42. The number of unbranched alkanes of at least 4 members (excludes halogenated alkanes) is 4. The second-order valence-corrected chi connectivity index (χ2v) is 6.64. The zero-order valence-corrected chi connectivity index (χ0v) is 13.7. The molecule has 0 spiro atoms. The molecule has 0 aliphatic heterocycles. The highest BCUT2D eigenvalue weighted by Gasteiger charge is 2.05. The number of hydrogen-bond acceptors (Lipinski definition) is 1. The molecule has 1 heteroatoms. The van der Waals surface area contributed by atoms with E-state index < -0.39 is 0 Å². The fourth-order valence-electron chi connectivity index (χ4n) is 2.55. The highest BCUT2D eigenvalue weighted by atomic mass is 15.1. The number of rotatable bonds is 12. The summed E-state index contributed by atoms with van der Waals surface area (Å²) in [6, 6.07) is 0. The maximum atomic E-state index is 2.65. The van der Waals surface area contributed by atoms with Crippen LogP contribution in [0.15, 0.2) is 0 Å². The molecule has 0 atom stereocenters. The Morgan fingerprint density at radius 2 is 1.33 bits per heavy atom.